The lowest BCUT2D eigenvalue weighted by Crippen LogP contribution is -2.15. The highest BCUT2D eigenvalue weighted by Crippen LogP contribution is 2.20. The highest BCUT2D eigenvalue weighted by Gasteiger charge is 2.20. The zero-order valence-electron chi connectivity index (χ0n) is 11.9. The molecule has 0 atom stereocenters. The maximum Gasteiger partial charge on any atom is 0.157 e. The van der Waals surface area contributed by atoms with Crippen molar-refractivity contribution >= 4 is 11.3 Å². The Balaban J connectivity index is 1.49. The van der Waals surface area contributed by atoms with Gasteiger partial charge in [-0.05, 0) is 26.7 Å². The third-order valence-electron chi connectivity index (χ3n) is 3.21. The van der Waals surface area contributed by atoms with Gasteiger partial charge in [0.25, 0.3) is 0 Å². The van der Waals surface area contributed by atoms with Gasteiger partial charge in [-0.3, -0.25) is 4.68 Å². The molecule has 0 aromatic carbocycles. The lowest BCUT2D eigenvalue weighted by atomic mass is 10.4. The molecule has 0 spiro atoms. The van der Waals surface area contributed by atoms with Crippen molar-refractivity contribution in [2.24, 2.45) is 0 Å². The van der Waals surface area contributed by atoms with Crippen LogP contribution in [0.1, 0.15) is 43.4 Å². The summed E-state index contributed by atoms with van der Waals surface area (Å²) in [5.74, 6) is 0.796. The van der Waals surface area contributed by atoms with E-state index in [0.717, 1.165) is 29.0 Å². The fraction of sp³-hybridized carbons (Fsp3) is 0.571. The van der Waals surface area contributed by atoms with Crippen LogP contribution in [0.5, 0.6) is 5.75 Å². The molecule has 20 heavy (non-hydrogen) atoms. The van der Waals surface area contributed by atoms with Crippen LogP contribution in [-0.2, 0) is 13.2 Å². The van der Waals surface area contributed by atoms with Crippen molar-refractivity contribution in [2.75, 3.05) is 0 Å². The zero-order chi connectivity index (χ0) is 13.9. The Hall–Kier alpha value is -1.40. The van der Waals surface area contributed by atoms with Gasteiger partial charge < -0.3 is 10.1 Å². The van der Waals surface area contributed by atoms with E-state index < -0.39 is 0 Å². The number of ether oxygens (including phenoxy) is 1. The Bertz CT molecular complexity index is 559. The fourth-order valence-corrected chi connectivity index (χ4v) is 2.58. The molecule has 1 aliphatic rings. The summed E-state index contributed by atoms with van der Waals surface area (Å²) in [6.45, 7) is 5.57. The lowest BCUT2D eigenvalue weighted by molar-refractivity contribution is 0.301. The van der Waals surface area contributed by atoms with Crippen LogP contribution in [0.15, 0.2) is 17.8 Å². The van der Waals surface area contributed by atoms with Crippen LogP contribution in [0.2, 0.25) is 0 Å². The molecule has 0 radical (unpaired) electrons. The largest absolute Gasteiger partial charge is 0.484 e. The van der Waals surface area contributed by atoms with Gasteiger partial charge in [-0.25, -0.2) is 4.98 Å². The van der Waals surface area contributed by atoms with Crippen LogP contribution in [0.3, 0.4) is 0 Å². The average Bonchev–Trinajstić information content (AvgIpc) is 2.96. The molecule has 6 heteroatoms. The number of nitrogens with one attached hydrogen (secondary N) is 1. The molecule has 108 valence electrons. The van der Waals surface area contributed by atoms with Gasteiger partial charge in [0.1, 0.15) is 11.6 Å². The van der Waals surface area contributed by atoms with Crippen molar-refractivity contribution in [3.8, 4) is 5.75 Å². The van der Waals surface area contributed by atoms with Gasteiger partial charge in [0, 0.05) is 24.0 Å². The summed E-state index contributed by atoms with van der Waals surface area (Å²) < 4.78 is 7.60. The minimum Gasteiger partial charge on any atom is -0.484 e. The average molecular weight is 292 g/mol. The topological polar surface area (TPSA) is 52.0 Å². The highest BCUT2D eigenvalue weighted by atomic mass is 32.1. The Morgan fingerprint density at radius 1 is 1.50 bits per heavy atom. The van der Waals surface area contributed by atoms with Crippen LogP contribution in [-0.4, -0.2) is 20.8 Å². The first kappa shape index (κ1) is 13.6. The van der Waals surface area contributed by atoms with Gasteiger partial charge in [0.05, 0.1) is 18.1 Å². The summed E-state index contributed by atoms with van der Waals surface area (Å²) in [4.78, 5) is 4.57. The molecule has 1 aliphatic carbocycles. The summed E-state index contributed by atoms with van der Waals surface area (Å²) in [5, 5.41) is 10.9. The van der Waals surface area contributed by atoms with Gasteiger partial charge in [-0.1, -0.05) is 0 Å². The zero-order valence-corrected chi connectivity index (χ0v) is 12.7. The number of nitrogens with zero attached hydrogens (tertiary/aromatic N) is 3. The molecule has 0 unspecified atom stereocenters. The molecular formula is C14H20N4OS. The molecule has 0 saturated heterocycles. The highest BCUT2D eigenvalue weighted by molar-refractivity contribution is 7.09. The number of aromatic nitrogens is 3. The number of hydrogen-bond acceptors (Lipinski definition) is 5. The molecule has 1 N–H and O–H groups in total. The Kier molecular flexibility index (Phi) is 4.03. The monoisotopic (exact) mass is 292 g/mol. The molecule has 2 aromatic heterocycles. The molecular weight excluding hydrogens is 272 g/mol. The number of hydrogen-bond donors (Lipinski definition) is 1. The van der Waals surface area contributed by atoms with E-state index in [1.807, 2.05) is 10.9 Å². The summed E-state index contributed by atoms with van der Waals surface area (Å²) in [5.41, 5.74) is 0.986. The van der Waals surface area contributed by atoms with Gasteiger partial charge in [-0.15, -0.1) is 11.3 Å². The van der Waals surface area contributed by atoms with E-state index in [4.69, 9.17) is 4.74 Å². The molecule has 2 aromatic rings. The Labute approximate surface area is 123 Å². The van der Waals surface area contributed by atoms with Crippen molar-refractivity contribution in [2.45, 2.75) is 51.9 Å². The summed E-state index contributed by atoms with van der Waals surface area (Å²) in [7, 11) is 0. The molecule has 5 nitrogen and oxygen atoms in total. The van der Waals surface area contributed by atoms with Crippen molar-refractivity contribution in [1.29, 1.82) is 0 Å². The molecule has 1 fully saturated rings. The minimum absolute atomic E-state index is 0.353. The summed E-state index contributed by atoms with van der Waals surface area (Å²) in [6, 6.07) is 1.08. The first-order valence-electron chi connectivity index (χ1n) is 7.04. The maximum absolute atomic E-state index is 5.71. The van der Waals surface area contributed by atoms with Crippen LogP contribution in [0.25, 0.3) is 0 Å². The third-order valence-corrected chi connectivity index (χ3v) is 4.11. The van der Waals surface area contributed by atoms with Crippen molar-refractivity contribution < 1.29 is 4.74 Å². The predicted molar refractivity (Wildman–Crippen MR) is 78.9 cm³/mol. The van der Waals surface area contributed by atoms with Gasteiger partial charge >= 0.3 is 0 Å². The van der Waals surface area contributed by atoms with Crippen LogP contribution >= 0.6 is 11.3 Å². The molecule has 0 aliphatic heterocycles. The number of thiazole rings is 1. The number of rotatable bonds is 7. The maximum atomic E-state index is 5.71. The van der Waals surface area contributed by atoms with E-state index in [-0.39, 0.29) is 0 Å². The van der Waals surface area contributed by atoms with E-state index in [1.54, 1.807) is 17.5 Å². The molecule has 0 bridgehead atoms. The second-order valence-electron chi connectivity index (χ2n) is 5.43. The first-order valence-corrected chi connectivity index (χ1v) is 7.92. The van der Waals surface area contributed by atoms with Gasteiger partial charge in [0.2, 0.25) is 0 Å². The molecule has 1 saturated carbocycles. The van der Waals surface area contributed by atoms with E-state index in [0.29, 0.717) is 12.6 Å². The van der Waals surface area contributed by atoms with Crippen molar-refractivity contribution in [1.82, 2.24) is 20.1 Å². The van der Waals surface area contributed by atoms with Crippen LogP contribution in [0.4, 0.5) is 0 Å². The van der Waals surface area contributed by atoms with Gasteiger partial charge in [-0.2, -0.15) is 5.10 Å². The van der Waals surface area contributed by atoms with Crippen LogP contribution in [0, 0.1) is 0 Å². The summed E-state index contributed by atoms with van der Waals surface area (Å²) >= 11 is 1.69. The smallest absolute Gasteiger partial charge is 0.157 e. The molecule has 3 rings (SSSR count). The van der Waals surface area contributed by atoms with E-state index in [9.17, 15) is 0 Å². The SMILES string of the molecule is CC(C)n1cc(OCc2csc(CNC3CC3)n2)cn1. The van der Waals surface area contributed by atoms with E-state index in [2.05, 4.69) is 34.6 Å². The predicted octanol–water partition coefficient (Wildman–Crippen LogP) is 2.75. The Morgan fingerprint density at radius 2 is 2.35 bits per heavy atom. The standard InChI is InChI=1S/C14H20N4OS/c1-10(2)18-7-13(5-16-18)19-8-12-9-20-14(17-12)6-15-11-3-4-11/h5,7,9-11,15H,3-4,6,8H2,1-2H3. The van der Waals surface area contributed by atoms with Crippen LogP contribution < -0.4 is 10.1 Å². The Morgan fingerprint density at radius 3 is 3.05 bits per heavy atom. The quantitative estimate of drug-likeness (QED) is 0.852. The lowest BCUT2D eigenvalue weighted by Gasteiger charge is -2.03. The summed E-state index contributed by atoms with van der Waals surface area (Å²) in [6.07, 6.45) is 6.29. The second kappa shape index (κ2) is 5.93. The van der Waals surface area contributed by atoms with Crippen molar-refractivity contribution in [3.05, 3.63) is 28.5 Å². The molecule has 0 amide bonds. The molecule has 2 heterocycles. The normalized spacial score (nSPS) is 14.9. The second-order valence-corrected chi connectivity index (χ2v) is 6.37. The fourth-order valence-electron chi connectivity index (χ4n) is 1.85. The first-order chi connectivity index (χ1) is 9.70. The van der Waals surface area contributed by atoms with E-state index >= 15 is 0 Å². The van der Waals surface area contributed by atoms with E-state index in [1.165, 1.54) is 12.8 Å². The minimum atomic E-state index is 0.353. The van der Waals surface area contributed by atoms with Crippen molar-refractivity contribution in [3.63, 3.8) is 0 Å². The third kappa shape index (κ3) is 3.58. The van der Waals surface area contributed by atoms with Gasteiger partial charge in [0.15, 0.2) is 5.75 Å².